The highest BCUT2D eigenvalue weighted by Gasteiger charge is 2.50. The van der Waals surface area contributed by atoms with Gasteiger partial charge < -0.3 is 14.5 Å². The van der Waals surface area contributed by atoms with Gasteiger partial charge in [-0.25, -0.2) is 4.98 Å². The van der Waals surface area contributed by atoms with Gasteiger partial charge in [0, 0.05) is 51.6 Å². The summed E-state index contributed by atoms with van der Waals surface area (Å²) in [6.07, 6.45) is 8.12. The van der Waals surface area contributed by atoms with E-state index in [4.69, 9.17) is 4.74 Å². The van der Waals surface area contributed by atoms with E-state index < -0.39 is 0 Å². The van der Waals surface area contributed by atoms with E-state index in [0.29, 0.717) is 32.2 Å². The molecule has 2 atom stereocenters. The van der Waals surface area contributed by atoms with E-state index in [-0.39, 0.29) is 28.3 Å². The zero-order valence-corrected chi connectivity index (χ0v) is 17.5. The minimum Gasteiger partial charge on any atom is -0.383 e. The summed E-state index contributed by atoms with van der Waals surface area (Å²) in [5, 5.41) is 0. The molecule has 0 aromatic carbocycles. The Bertz CT molecular complexity index is 709. The van der Waals surface area contributed by atoms with Gasteiger partial charge in [-0.05, 0) is 30.1 Å². The summed E-state index contributed by atoms with van der Waals surface area (Å²) in [4.78, 5) is 37.5. The first-order valence-corrected chi connectivity index (χ1v) is 10.1. The second-order valence-corrected chi connectivity index (χ2v) is 9.36. The van der Waals surface area contributed by atoms with Gasteiger partial charge in [0.1, 0.15) is 5.69 Å². The van der Waals surface area contributed by atoms with Crippen LogP contribution in [0.2, 0.25) is 0 Å². The lowest BCUT2D eigenvalue weighted by Gasteiger charge is -2.39. The largest absolute Gasteiger partial charge is 0.383 e. The molecule has 1 aromatic rings. The quantitative estimate of drug-likeness (QED) is 0.717. The number of aromatic nitrogens is 2. The summed E-state index contributed by atoms with van der Waals surface area (Å²) in [7, 11) is 1.60. The SMILES string of the molecule is COCCN(CCC(=O)N1CC2(C)CC1CC(C)(C)C2)C(=O)c1cnccn1. The Morgan fingerprint density at radius 2 is 2.04 bits per heavy atom. The number of likely N-dealkylation sites (tertiary alicyclic amines) is 1. The van der Waals surface area contributed by atoms with Gasteiger partial charge in [0.2, 0.25) is 5.91 Å². The molecule has 2 heterocycles. The summed E-state index contributed by atoms with van der Waals surface area (Å²) in [5.74, 6) is -0.0769. The molecule has 7 heteroatoms. The molecule has 3 rings (SSSR count). The monoisotopic (exact) mass is 388 g/mol. The molecule has 2 aliphatic rings. The molecule has 1 aromatic heterocycles. The van der Waals surface area contributed by atoms with E-state index in [9.17, 15) is 9.59 Å². The standard InChI is InChI=1S/C21H32N4O3/c1-20(2)11-16-12-21(3,14-20)15-25(16)18(26)5-8-24(9-10-28-4)19(27)17-13-22-6-7-23-17/h6-7,13,16H,5,8-12,14-15H2,1-4H3. The molecule has 2 fully saturated rings. The lowest BCUT2D eigenvalue weighted by molar-refractivity contribution is -0.132. The van der Waals surface area contributed by atoms with Crippen molar-refractivity contribution >= 4 is 11.8 Å². The predicted octanol–water partition coefficient (Wildman–Crippen LogP) is 2.38. The van der Waals surface area contributed by atoms with E-state index in [2.05, 4.69) is 35.6 Å². The molecule has 2 unspecified atom stereocenters. The number of ether oxygens (including phenoxy) is 1. The van der Waals surface area contributed by atoms with Gasteiger partial charge >= 0.3 is 0 Å². The number of amides is 2. The summed E-state index contributed by atoms with van der Waals surface area (Å²) in [6.45, 7) is 8.94. The van der Waals surface area contributed by atoms with Crippen LogP contribution in [0.1, 0.15) is 56.9 Å². The summed E-state index contributed by atoms with van der Waals surface area (Å²) in [6, 6.07) is 0.323. The van der Waals surface area contributed by atoms with Crippen molar-refractivity contribution in [2.45, 2.75) is 52.5 Å². The summed E-state index contributed by atoms with van der Waals surface area (Å²) in [5.41, 5.74) is 0.782. The van der Waals surface area contributed by atoms with Crippen molar-refractivity contribution in [1.29, 1.82) is 0 Å². The van der Waals surface area contributed by atoms with Gasteiger partial charge in [-0.15, -0.1) is 0 Å². The Balaban J connectivity index is 1.63. The van der Waals surface area contributed by atoms with Crippen LogP contribution >= 0.6 is 0 Å². The third-order valence-corrected chi connectivity index (χ3v) is 5.97. The number of hydrogen-bond donors (Lipinski definition) is 0. The zero-order valence-electron chi connectivity index (χ0n) is 17.5. The van der Waals surface area contributed by atoms with Crippen LogP contribution in [0.3, 0.4) is 0 Å². The third-order valence-electron chi connectivity index (χ3n) is 5.97. The third kappa shape index (κ3) is 4.69. The number of rotatable bonds is 7. The van der Waals surface area contributed by atoms with Crippen LogP contribution < -0.4 is 0 Å². The van der Waals surface area contributed by atoms with E-state index in [0.717, 1.165) is 25.8 Å². The summed E-state index contributed by atoms with van der Waals surface area (Å²) >= 11 is 0. The minimum absolute atomic E-state index is 0.140. The van der Waals surface area contributed by atoms with Crippen LogP contribution in [0.15, 0.2) is 18.6 Å². The fourth-order valence-electron chi connectivity index (χ4n) is 5.21. The van der Waals surface area contributed by atoms with Crippen LogP contribution in [0, 0.1) is 10.8 Å². The van der Waals surface area contributed by atoms with Crippen molar-refractivity contribution in [2.24, 2.45) is 10.8 Å². The number of hydrogen-bond acceptors (Lipinski definition) is 5. The lowest BCUT2D eigenvalue weighted by atomic mass is 9.65. The van der Waals surface area contributed by atoms with Crippen molar-refractivity contribution in [2.75, 3.05) is 33.4 Å². The molecule has 154 valence electrons. The first-order valence-electron chi connectivity index (χ1n) is 10.1. The van der Waals surface area contributed by atoms with Gasteiger partial charge in [-0.3, -0.25) is 14.6 Å². The number of carbonyl (C=O) groups excluding carboxylic acids is 2. The maximum Gasteiger partial charge on any atom is 0.274 e. The average Bonchev–Trinajstić information content (AvgIpc) is 2.90. The van der Waals surface area contributed by atoms with Crippen LogP contribution in [-0.2, 0) is 9.53 Å². The van der Waals surface area contributed by atoms with Crippen molar-refractivity contribution in [3.8, 4) is 0 Å². The van der Waals surface area contributed by atoms with E-state index in [1.807, 2.05) is 0 Å². The second kappa shape index (κ2) is 8.15. The van der Waals surface area contributed by atoms with Crippen molar-refractivity contribution in [3.05, 3.63) is 24.3 Å². The Morgan fingerprint density at radius 3 is 2.71 bits per heavy atom. The molecule has 1 saturated heterocycles. The van der Waals surface area contributed by atoms with E-state index >= 15 is 0 Å². The van der Waals surface area contributed by atoms with Crippen molar-refractivity contribution < 1.29 is 14.3 Å². The Kier molecular flexibility index (Phi) is 6.03. The number of carbonyl (C=O) groups is 2. The first-order chi connectivity index (χ1) is 13.2. The second-order valence-electron chi connectivity index (χ2n) is 9.36. The summed E-state index contributed by atoms with van der Waals surface area (Å²) < 4.78 is 5.13. The van der Waals surface area contributed by atoms with Gasteiger partial charge in [-0.1, -0.05) is 20.8 Å². The smallest absolute Gasteiger partial charge is 0.274 e. The zero-order chi connectivity index (χ0) is 20.4. The van der Waals surface area contributed by atoms with Crippen LogP contribution in [0.25, 0.3) is 0 Å². The molecule has 7 nitrogen and oxygen atoms in total. The van der Waals surface area contributed by atoms with Gasteiger partial charge in [0.15, 0.2) is 0 Å². The number of nitrogens with zero attached hydrogens (tertiary/aromatic N) is 4. The van der Waals surface area contributed by atoms with Crippen LogP contribution in [0.5, 0.6) is 0 Å². The average molecular weight is 389 g/mol. The lowest BCUT2D eigenvalue weighted by Crippen LogP contribution is -2.41. The molecule has 2 bridgehead atoms. The van der Waals surface area contributed by atoms with E-state index in [1.165, 1.54) is 18.6 Å². The minimum atomic E-state index is -0.216. The molecule has 0 N–H and O–H groups in total. The molecule has 1 saturated carbocycles. The highest BCUT2D eigenvalue weighted by Crippen LogP contribution is 2.52. The van der Waals surface area contributed by atoms with Crippen molar-refractivity contribution in [3.63, 3.8) is 0 Å². The first kappa shape index (κ1) is 20.7. The molecular formula is C21H32N4O3. The highest BCUT2D eigenvalue weighted by molar-refractivity contribution is 5.92. The predicted molar refractivity (Wildman–Crippen MR) is 106 cm³/mol. The Labute approximate surface area is 167 Å². The molecule has 0 radical (unpaired) electrons. The molecule has 28 heavy (non-hydrogen) atoms. The van der Waals surface area contributed by atoms with Crippen molar-refractivity contribution in [1.82, 2.24) is 19.8 Å². The van der Waals surface area contributed by atoms with Crippen LogP contribution in [0.4, 0.5) is 0 Å². The van der Waals surface area contributed by atoms with Gasteiger partial charge in [0.05, 0.1) is 12.8 Å². The van der Waals surface area contributed by atoms with E-state index in [1.54, 1.807) is 12.0 Å². The van der Waals surface area contributed by atoms with Crippen LogP contribution in [-0.4, -0.2) is 71.0 Å². The fourth-order valence-corrected chi connectivity index (χ4v) is 5.21. The normalized spacial score (nSPS) is 25.6. The van der Waals surface area contributed by atoms with Gasteiger partial charge in [-0.2, -0.15) is 0 Å². The number of fused-ring (bicyclic) bond motifs is 2. The Hall–Kier alpha value is -2.02. The fraction of sp³-hybridized carbons (Fsp3) is 0.714. The maximum absolute atomic E-state index is 13.0. The number of methoxy groups -OCH3 is 1. The molecule has 1 aliphatic heterocycles. The Morgan fingerprint density at radius 1 is 1.25 bits per heavy atom. The molecule has 2 amide bonds. The topological polar surface area (TPSA) is 75.6 Å². The molecular weight excluding hydrogens is 356 g/mol. The van der Waals surface area contributed by atoms with Gasteiger partial charge in [0.25, 0.3) is 5.91 Å². The highest BCUT2D eigenvalue weighted by atomic mass is 16.5. The maximum atomic E-state index is 13.0. The molecule has 1 aliphatic carbocycles. The molecule has 0 spiro atoms.